The van der Waals surface area contributed by atoms with E-state index in [0.29, 0.717) is 13.0 Å². The van der Waals surface area contributed by atoms with Gasteiger partial charge in [0, 0.05) is 6.54 Å². The highest BCUT2D eigenvalue weighted by molar-refractivity contribution is 5.82. The molecule has 0 aromatic carbocycles. The monoisotopic (exact) mass is 158 g/mol. The molecule has 0 bridgehead atoms. The van der Waals surface area contributed by atoms with Crippen molar-refractivity contribution in [1.29, 1.82) is 0 Å². The van der Waals surface area contributed by atoms with Crippen molar-refractivity contribution < 1.29 is 14.7 Å². The van der Waals surface area contributed by atoms with Gasteiger partial charge in [0.2, 0.25) is 5.91 Å². The van der Waals surface area contributed by atoms with Gasteiger partial charge in [-0.25, -0.2) is 0 Å². The van der Waals surface area contributed by atoms with Crippen LogP contribution < -0.4 is 11.1 Å². The summed E-state index contributed by atoms with van der Waals surface area (Å²) in [5, 5.41) is 11.3. The van der Waals surface area contributed by atoms with Gasteiger partial charge in [0.25, 0.3) is 0 Å². The summed E-state index contributed by atoms with van der Waals surface area (Å²) in [5.41, 5.74) is 4.97. The molecule has 1 fully saturated rings. The highest BCUT2D eigenvalue weighted by atomic mass is 16.4. The van der Waals surface area contributed by atoms with Crippen molar-refractivity contribution in [1.82, 2.24) is 5.32 Å². The lowest BCUT2D eigenvalue weighted by molar-refractivity contribution is -0.141. The summed E-state index contributed by atoms with van der Waals surface area (Å²) in [6.07, 6.45) is 0.310. The topological polar surface area (TPSA) is 92.4 Å². The van der Waals surface area contributed by atoms with Crippen molar-refractivity contribution in [2.75, 3.05) is 6.54 Å². The van der Waals surface area contributed by atoms with Crippen LogP contribution in [0.2, 0.25) is 0 Å². The zero-order chi connectivity index (χ0) is 8.43. The zero-order valence-electron chi connectivity index (χ0n) is 5.91. The molecule has 0 spiro atoms. The lowest BCUT2D eigenvalue weighted by Gasteiger charge is -2.02. The van der Waals surface area contributed by atoms with Gasteiger partial charge in [0.05, 0.1) is 12.0 Å². The standard InChI is InChI=1S/C6H10N2O3/c7-5(9)4-1-3(2-8-4)6(10)11/h3-4,8H,1-2H2,(H2,7,9)(H,10,11)/t3-,4-/m1/s1. The summed E-state index contributed by atoms with van der Waals surface area (Å²) in [6, 6.07) is -0.462. The first-order valence-corrected chi connectivity index (χ1v) is 3.36. The van der Waals surface area contributed by atoms with Gasteiger partial charge >= 0.3 is 5.97 Å². The molecule has 0 radical (unpaired) electrons. The second-order valence-electron chi connectivity index (χ2n) is 2.63. The Morgan fingerprint density at radius 1 is 1.55 bits per heavy atom. The molecular formula is C6H10N2O3. The third-order valence-electron chi connectivity index (χ3n) is 1.82. The molecule has 4 N–H and O–H groups in total. The average molecular weight is 158 g/mol. The Bertz CT molecular complexity index is 172. The summed E-state index contributed by atoms with van der Waals surface area (Å²) in [4.78, 5) is 20.9. The number of carboxylic acid groups (broad SMARTS) is 1. The molecule has 2 atom stereocenters. The van der Waals surface area contributed by atoms with Gasteiger partial charge in [-0.2, -0.15) is 0 Å². The van der Waals surface area contributed by atoms with E-state index >= 15 is 0 Å². The molecule has 1 aliphatic heterocycles. The van der Waals surface area contributed by atoms with E-state index in [2.05, 4.69) is 5.32 Å². The first-order valence-electron chi connectivity index (χ1n) is 3.36. The minimum absolute atomic E-state index is 0.310. The molecule has 1 amide bonds. The van der Waals surface area contributed by atoms with Crippen LogP contribution in [-0.2, 0) is 9.59 Å². The van der Waals surface area contributed by atoms with Crippen molar-refractivity contribution in [2.24, 2.45) is 11.7 Å². The largest absolute Gasteiger partial charge is 0.481 e. The van der Waals surface area contributed by atoms with E-state index in [1.165, 1.54) is 0 Å². The van der Waals surface area contributed by atoms with Crippen LogP contribution >= 0.6 is 0 Å². The second kappa shape index (κ2) is 2.87. The predicted molar refractivity (Wildman–Crippen MR) is 36.7 cm³/mol. The zero-order valence-corrected chi connectivity index (χ0v) is 5.91. The van der Waals surface area contributed by atoms with E-state index in [1.807, 2.05) is 0 Å². The minimum atomic E-state index is -0.874. The van der Waals surface area contributed by atoms with Crippen LogP contribution in [0, 0.1) is 5.92 Å². The Morgan fingerprint density at radius 2 is 2.18 bits per heavy atom. The van der Waals surface area contributed by atoms with Gasteiger partial charge in [-0.15, -0.1) is 0 Å². The molecule has 1 rings (SSSR count). The molecule has 5 heteroatoms. The third kappa shape index (κ3) is 1.68. The van der Waals surface area contributed by atoms with E-state index in [-0.39, 0.29) is 0 Å². The van der Waals surface area contributed by atoms with E-state index in [1.54, 1.807) is 0 Å². The fraction of sp³-hybridized carbons (Fsp3) is 0.667. The van der Waals surface area contributed by atoms with Crippen LogP contribution in [0.1, 0.15) is 6.42 Å². The number of carbonyl (C=O) groups is 2. The predicted octanol–water partition coefficient (Wildman–Crippen LogP) is -1.47. The summed E-state index contributed by atoms with van der Waals surface area (Å²) < 4.78 is 0. The Labute approximate surface area is 63.6 Å². The molecule has 1 saturated heterocycles. The first-order chi connectivity index (χ1) is 5.11. The minimum Gasteiger partial charge on any atom is -0.481 e. The number of nitrogens with one attached hydrogen (secondary N) is 1. The number of aliphatic carboxylic acids is 1. The van der Waals surface area contributed by atoms with Gasteiger partial charge in [0.15, 0.2) is 0 Å². The average Bonchev–Trinajstić information content (AvgIpc) is 2.33. The molecule has 1 heterocycles. The molecule has 62 valence electrons. The molecular weight excluding hydrogens is 148 g/mol. The lowest BCUT2D eigenvalue weighted by atomic mass is 10.1. The van der Waals surface area contributed by atoms with E-state index in [9.17, 15) is 9.59 Å². The SMILES string of the molecule is NC(=O)[C@H]1C[C@@H](C(=O)O)CN1. The molecule has 5 nitrogen and oxygen atoms in total. The van der Waals surface area contributed by atoms with Crippen LogP contribution in [0.4, 0.5) is 0 Å². The van der Waals surface area contributed by atoms with Crippen molar-refractivity contribution in [2.45, 2.75) is 12.5 Å². The summed E-state index contributed by atoms with van der Waals surface area (Å²) in [6.45, 7) is 0.336. The van der Waals surface area contributed by atoms with E-state index in [0.717, 1.165) is 0 Å². The maximum Gasteiger partial charge on any atom is 0.307 e. The van der Waals surface area contributed by atoms with Crippen LogP contribution in [0.15, 0.2) is 0 Å². The lowest BCUT2D eigenvalue weighted by Crippen LogP contribution is -2.36. The molecule has 1 aliphatic rings. The Kier molecular flexibility index (Phi) is 2.09. The van der Waals surface area contributed by atoms with Crippen LogP contribution in [0.5, 0.6) is 0 Å². The maximum absolute atomic E-state index is 10.5. The van der Waals surface area contributed by atoms with Gasteiger partial charge in [-0.1, -0.05) is 0 Å². The number of carboxylic acids is 1. The van der Waals surface area contributed by atoms with Gasteiger partial charge in [-0.05, 0) is 6.42 Å². The highest BCUT2D eigenvalue weighted by Crippen LogP contribution is 2.13. The van der Waals surface area contributed by atoms with Gasteiger partial charge < -0.3 is 16.2 Å². The number of primary amides is 1. The summed E-state index contributed by atoms with van der Waals surface area (Å²) in [5.74, 6) is -1.82. The third-order valence-corrected chi connectivity index (χ3v) is 1.82. The number of nitrogens with two attached hydrogens (primary N) is 1. The molecule has 11 heavy (non-hydrogen) atoms. The van der Waals surface area contributed by atoms with Crippen LogP contribution in [0.3, 0.4) is 0 Å². The van der Waals surface area contributed by atoms with Gasteiger partial charge in [-0.3, -0.25) is 9.59 Å². The molecule has 0 aliphatic carbocycles. The van der Waals surface area contributed by atoms with Crippen molar-refractivity contribution >= 4 is 11.9 Å². The van der Waals surface area contributed by atoms with E-state index in [4.69, 9.17) is 10.8 Å². The number of amides is 1. The van der Waals surface area contributed by atoms with E-state index < -0.39 is 23.8 Å². The Hall–Kier alpha value is -1.10. The van der Waals surface area contributed by atoms with Crippen LogP contribution in [-0.4, -0.2) is 29.6 Å². The quantitative estimate of drug-likeness (QED) is 0.457. The normalized spacial score (nSPS) is 30.2. The Morgan fingerprint density at radius 3 is 2.45 bits per heavy atom. The Balaban J connectivity index is 2.47. The fourth-order valence-electron chi connectivity index (χ4n) is 1.14. The molecule has 0 unspecified atom stereocenters. The summed E-state index contributed by atoms with van der Waals surface area (Å²) in [7, 11) is 0. The molecule has 0 aromatic heterocycles. The first kappa shape index (κ1) is 8.00. The number of carbonyl (C=O) groups excluding carboxylic acids is 1. The molecule has 0 saturated carbocycles. The van der Waals surface area contributed by atoms with Crippen molar-refractivity contribution in [3.8, 4) is 0 Å². The maximum atomic E-state index is 10.5. The number of hydrogen-bond acceptors (Lipinski definition) is 3. The van der Waals surface area contributed by atoms with Gasteiger partial charge in [0.1, 0.15) is 0 Å². The second-order valence-corrected chi connectivity index (χ2v) is 2.63. The molecule has 0 aromatic rings. The summed E-state index contributed by atoms with van der Waals surface area (Å²) >= 11 is 0. The van der Waals surface area contributed by atoms with Crippen molar-refractivity contribution in [3.63, 3.8) is 0 Å². The van der Waals surface area contributed by atoms with Crippen molar-refractivity contribution in [3.05, 3.63) is 0 Å². The number of hydrogen-bond donors (Lipinski definition) is 3. The number of rotatable bonds is 2. The van der Waals surface area contributed by atoms with Crippen LogP contribution in [0.25, 0.3) is 0 Å². The highest BCUT2D eigenvalue weighted by Gasteiger charge is 2.31. The fourth-order valence-corrected chi connectivity index (χ4v) is 1.14. The smallest absolute Gasteiger partial charge is 0.307 e.